The Labute approximate surface area is 152 Å². The van der Waals surface area contributed by atoms with Crippen LogP contribution in [0, 0.1) is 3.77 Å². The van der Waals surface area contributed by atoms with Crippen molar-refractivity contribution in [3.05, 3.63) is 75.8 Å². The number of amides is 1. The van der Waals surface area contributed by atoms with Crippen LogP contribution in [0.25, 0.3) is 6.08 Å². The van der Waals surface area contributed by atoms with Gasteiger partial charge in [-0.25, -0.2) is 9.67 Å². The third-order valence-electron chi connectivity index (χ3n) is 3.29. The minimum absolute atomic E-state index is 0.159. The van der Waals surface area contributed by atoms with Crippen LogP contribution in [0.4, 0.5) is 0 Å². The van der Waals surface area contributed by atoms with Crippen molar-refractivity contribution in [3.8, 4) is 0 Å². The predicted octanol–water partition coefficient (Wildman–Crippen LogP) is 2.85. The molecule has 2 heterocycles. The van der Waals surface area contributed by atoms with Crippen LogP contribution in [0.2, 0.25) is 0 Å². The highest BCUT2D eigenvalue weighted by molar-refractivity contribution is 14.1. The van der Waals surface area contributed by atoms with Crippen molar-refractivity contribution >= 4 is 34.6 Å². The van der Waals surface area contributed by atoms with E-state index in [4.69, 9.17) is 4.42 Å². The SMILES string of the molecule is O=C(/C=C/c1ccc(I)o1)NCc1ccc(Cn2cncn2)cc1. The summed E-state index contributed by atoms with van der Waals surface area (Å²) in [7, 11) is 0. The molecule has 1 N–H and O–H groups in total. The zero-order valence-corrected chi connectivity index (χ0v) is 14.9. The summed E-state index contributed by atoms with van der Waals surface area (Å²) < 4.78 is 7.91. The first-order valence-corrected chi connectivity index (χ1v) is 8.38. The predicted molar refractivity (Wildman–Crippen MR) is 97.9 cm³/mol. The Balaban J connectivity index is 1.49. The normalized spacial score (nSPS) is 11.0. The van der Waals surface area contributed by atoms with Gasteiger partial charge < -0.3 is 9.73 Å². The van der Waals surface area contributed by atoms with Gasteiger partial charge in [0.05, 0.1) is 6.54 Å². The molecule has 0 bridgehead atoms. The van der Waals surface area contributed by atoms with Crippen molar-refractivity contribution in [2.45, 2.75) is 13.1 Å². The molecule has 3 rings (SSSR count). The first-order chi connectivity index (χ1) is 11.7. The molecule has 7 heteroatoms. The number of rotatable bonds is 6. The van der Waals surface area contributed by atoms with Gasteiger partial charge in [0, 0.05) is 12.6 Å². The van der Waals surface area contributed by atoms with Gasteiger partial charge in [-0.05, 0) is 51.9 Å². The first-order valence-electron chi connectivity index (χ1n) is 7.30. The van der Waals surface area contributed by atoms with Gasteiger partial charge in [-0.3, -0.25) is 4.79 Å². The molecule has 1 amide bonds. The summed E-state index contributed by atoms with van der Waals surface area (Å²) in [6, 6.07) is 11.7. The van der Waals surface area contributed by atoms with Gasteiger partial charge in [-0.1, -0.05) is 24.3 Å². The average molecular weight is 434 g/mol. The van der Waals surface area contributed by atoms with Gasteiger partial charge in [0.2, 0.25) is 5.91 Å². The van der Waals surface area contributed by atoms with E-state index in [0.717, 1.165) is 14.9 Å². The Morgan fingerprint density at radius 2 is 2.00 bits per heavy atom. The van der Waals surface area contributed by atoms with Crippen molar-refractivity contribution < 1.29 is 9.21 Å². The topological polar surface area (TPSA) is 73.0 Å². The number of aromatic nitrogens is 3. The zero-order valence-electron chi connectivity index (χ0n) is 12.7. The summed E-state index contributed by atoms with van der Waals surface area (Å²) in [6.07, 6.45) is 6.31. The standard InChI is InChI=1S/C17H15IN4O2/c18-16-7-5-15(24-16)6-8-17(23)20-9-13-1-3-14(4-2-13)10-22-12-19-11-21-22/h1-8,11-12H,9-10H2,(H,20,23)/b8-6+. The van der Waals surface area contributed by atoms with E-state index in [1.807, 2.05) is 36.4 Å². The second-order valence-corrected chi connectivity index (χ2v) is 6.17. The molecule has 0 saturated heterocycles. The van der Waals surface area contributed by atoms with Crippen molar-refractivity contribution in [1.82, 2.24) is 20.1 Å². The van der Waals surface area contributed by atoms with Crippen molar-refractivity contribution in [2.24, 2.45) is 0 Å². The maximum Gasteiger partial charge on any atom is 0.244 e. The molecule has 0 aliphatic carbocycles. The summed E-state index contributed by atoms with van der Waals surface area (Å²) >= 11 is 2.08. The molecule has 6 nitrogen and oxygen atoms in total. The lowest BCUT2D eigenvalue weighted by Crippen LogP contribution is -2.20. The molecule has 2 aromatic heterocycles. The van der Waals surface area contributed by atoms with Crippen LogP contribution in [0.5, 0.6) is 0 Å². The number of carbonyl (C=O) groups excluding carboxylic acids is 1. The number of hydrogen-bond acceptors (Lipinski definition) is 4. The Morgan fingerprint density at radius 3 is 2.67 bits per heavy atom. The van der Waals surface area contributed by atoms with Gasteiger partial charge in [0.15, 0.2) is 3.77 Å². The van der Waals surface area contributed by atoms with E-state index in [0.29, 0.717) is 18.8 Å². The van der Waals surface area contributed by atoms with E-state index < -0.39 is 0 Å². The van der Waals surface area contributed by atoms with Crippen molar-refractivity contribution in [3.63, 3.8) is 0 Å². The van der Waals surface area contributed by atoms with Crippen LogP contribution in [-0.2, 0) is 17.9 Å². The third-order valence-corrected chi connectivity index (χ3v) is 3.87. The van der Waals surface area contributed by atoms with Crippen LogP contribution in [0.3, 0.4) is 0 Å². The highest BCUT2D eigenvalue weighted by Gasteiger charge is 2.00. The Morgan fingerprint density at radius 1 is 1.21 bits per heavy atom. The largest absolute Gasteiger partial charge is 0.451 e. The second kappa shape index (κ2) is 7.91. The lowest BCUT2D eigenvalue weighted by atomic mass is 10.1. The maximum absolute atomic E-state index is 11.8. The lowest BCUT2D eigenvalue weighted by Gasteiger charge is -2.05. The fourth-order valence-corrected chi connectivity index (χ4v) is 2.52. The van der Waals surface area contributed by atoms with Gasteiger partial charge in [0.1, 0.15) is 18.4 Å². The molecule has 0 aliphatic rings. The van der Waals surface area contributed by atoms with Crippen LogP contribution >= 0.6 is 22.6 Å². The number of carbonyl (C=O) groups is 1. The first kappa shape index (κ1) is 16.4. The zero-order chi connectivity index (χ0) is 16.8. The molecule has 0 saturated carbocycles. The number of hydrogen-bond donors (Lipinski definition) is 1. The summed E-state index contributed by atoms with van der Waals surface area (Å²) in [5, 5.41) is 6.92. The number of furan rings is 1. The molecule has 122 valence electrons. The summed E-state index contributed by atoms with van der Waals surface area (Å²) in [5.74, 6) is 0.500. The maximum atomic E-state index is 11.8. The molecule has 1 aromatic carbocycles. The van der Waals surface area contributed by atoms with Crippen LogP contribution in [0.1, 0.15) is 16.9 Å². The van der Waals surface area contributed by atoms with E-state index in [9.17, 15) is 4.79 Å². The minimum atomic E-state index is -0.159. The Kier molecular flexibility index (Phi) is 5.42. The van der Waals surface area contributed by atoms with Gasteiger partial charge in [-0.2, -0.15) is 5.10 Å². The van der Waals surface area contributed by atoms with E-state index in [1.165, 1.54) is 12.4 Å². The average Bonchev–Trinajstić information content (AvgIpc) is 3.24. The van der Waals surface area contributed by atoms with E-state index in [1.54, 1.807) is 17.1 Å². The van der Waals surface area contributed by atoms with Crippen LogP contribution < -0.4 is 5.32 Å². The fourth-order valence-electron chi connectivity index (χ4n) is 2.09. The molecule has 24 heavy (non-hydrogen) atoms. The molecule has 0 fully saturated rings. The highest BCUT2D eigenvalue weighted by atomic mass is 127. The number of nitrogens with one attached hydrogen (secondary N) is 1. The molecule has 0 aliphatic heterocycles. The number of benzene rings is 1. The van der Waals surface area contributed by atoms with Crippen LogP contribution in [-0.4, -0.2) is 20.7 Å². The second-order valence-electron chi connectivity index (χ2n) is 5.10. The summed E-state index contributed by atoms with van der Waals surface area (Å²) in [4.78, 5) is 15.7. The van der Waals surface area contributed by atoms with Gasteiger partial charge >= 0.3 is 0 Å². The van der Waals surface area contributed by atoms with E-state index in [2.05, 4.69) is 38.0 Å². The third kappa shape index (κ3) is 4.79. The number of nitrogens with zero attached hydrogens (tertiary/aromatic N) is 3. The van der Waals surface area contributed by atoms with Crippen molar-refractivity contribution in [2.75, 3.05) is 0 Å². The molecular formula is C17H15IN4O2. The lowest BCUT2D eigenvalue weighted by molar-refractivity contribution is -0.116. The quantitative estimate of drug-likeness (QED) is 0.479. The highest BCUT2D eigenvalue weighted by Crippen LogP contribution is 2.11. The fraction of sp³-hybridized carbons (Fsp3) is 0.118. The van der Waals surface area contributed by atoms with Gasteiger partial charge in [-0.15, -0.1) is 0 Å². The Hall–Kier alpha value is -2.42. The minimum Gasteiger partial charge on any atom is -0.451 e. The molecule has 0 atom stereocenters. The number of halogens is 1. The summed E-state index contributed by atoms with van der Waals surface area (Å²) in [5.41, 5.74) is 2.16. The van der Waals surface area contributed by atoms with Crippen LogP contribution in [0.15, 0.2) is 59.5 Å². The van der Waals surface area contributed by atoms with Gasteiger partial charge in [0.25, 0.3) is 0 Å². The smallest absolute Gasteiger partial charge is 0.244 e. The molecular weight excluding hydrogens is 419 g/mol. The Bertz CT molecular complexity index is 823. The monoisotopic (exact) mass is 434 g/mol. The van der Waals surface area contributed by atoms with E-state index in [-0.39, 0.29) is 5.91 Å². The van der Waals surface area contributed by atoms with Crippen molar-refractivity contribution in [1.29, 1.82) is 0 Å². The molecule has 0 spiro atoms. The molecule has 3 aromatic rings. The summed E-state index contributed by atoms with van der Waals surface area (Å²) in [6.45, 7) is 1.15. The molecule has 0 unspecified atom stereocenters. The van der Waals surface area contributed by atoms with E-state index >= 15 is 0 Å². The molecule has 0 radical (unpaired) electrons.